The minimum absolute atomic E-state index is 0. The molecule has 156 valence electrons. The first-order valence-corrected chi connectivity index (χ1v) is 9.41. The van der Waals surface area contributed by atoms with Crippen LogP contribution in [0.5, 0.6) is 11.5 Å². The summed E-state index contributed by atoms with van der Waals surface area (Å²) < 4.78 is 13.0. The van der Waals surface area contributed by atoms with Gasteiger partial charge in [0.05, 0.1) is 19.9 Å². The third-order valence-corrected chi connectivity index (χ3v) is 3.92. The molecule has 0 aliphatic rings. The zero-order valence-corrected chi connectivity index (χ0v) is 19.5. The molecule has 28 heavy (non-hydrogen) atoms. The largest absolute Gasteiger partial charge is 0.497 e. The lowest BCUT2D eigenvalue weighted by Crippen LogP contribution is -2.38. The number of guanidine groups is 1. The fourth-order valence-electron chi connectivity index (χ4n) is 2.61. The minimum Gasteiger partial charge on any atom is -0.497 e. The molecule has 0 aliphatic heterocycles. The Morgan fingerprint density at radius 1 is 1.29 bits per heavy atom. The molecule has 2 rings (SSSR count). The average molecular weight is 501 g/mol. The topological polar surface area (TPSA) is 72.7 Å². The molecule has 2 N–H and O–H groups in total. The number of benzene rings is 1. The molecular weight excluding hydrogens is 469 g/mol. The number of nitrogens with one attached hydrogen (secondary N) is 2. The molecule has 1 aromatic carbocycles. The molecule has 0 spiro atoms. The van der Waals surface area contributed by atoms with Crippen LogP contribution in [0.4, 0.5) is 0 Å². The van der Waals surface area contributed by atoms with Crippen molar-refractivity contribution < 1.29 is 9.47 Å². The first-order valence-electron chi connectivity index (χ1n) is 9.41. The normalized spacial score (nSPS) is 12.1. The van der Waals surface area contributed by atoms with Crippen molar-refractivity contribution in [2.24, 2.45) is 12.0 Å². The molecule has 1 heterocycles. The lowest BCUT2D eigenvalue weighted by Gasteiger charge is -2.15. The van der Waals surface area contributed by atoms with Gasteiger partial charge in [-0.1, -0.05) is 6.07 Å². The Kier molecular flexibility index (Phi) is 11.4. The Morgan fingerprint density at radius 3 is 2.75 bits per heavy atom. The van der Waals surface area contributed by atoms with Gasteiger partial charge in [0.2, 0.25) is 0 Å². The molecule has 2 aromatic rings. The van der Waals surface area contributed by atoms with E-state index in [-0.39, 0.29) is 30.1 Å². The fraction of sp³-hybridized carbons (Fsp3) is 0.500. The Labute approximate surface area is 184 Å². The lowest BCUT2D eigenvalue weighted by molar-refractivity contribution is 0.229. The van der Waals surface area contributed by atoms with E-state index < -0.39 is 0 Å². The summed E-state index contributed by atoms with van der Waals surface area (Å²) in [5.74, 6) is 2.38. The summed E-state index contributed by atoms with van der Waals surface area (Å²) >= 11 is 0. The van der Waals surface area contributed by atoms with Crippen molar-refractivity contribution in [3.63, 3.8) is 0 Å². The fourth-order valence-corrected chi connectivity index (χ4v) is 2.61. The van der Waals surface area contributed by atoms with Gasteiger partial charge in [-0.05, 0) is 44.4 Å². The zero-order valence-electron chi connectivity index (χ0n) is 17.1. The van der Waals surface area contributed by atoms with Crippen LogP contribution >= 0.6 is 24.0 Å². The van der Waals surface area contributed by atoms with Crippen molar-refractivity contribution in [2.45, 2.75) is 32.8 Å². The van der Waals surface area contributed by atoms with Crippen LogP contribution in [0, 0.1) is 0 Å². The van der Waals surface area contributed by atoms with Gasteiger partial charge in [-0.3, -0.25) is 4.68 Å². The highest BCUT2D eigenvalue weighted by atomic mass is 127. The van der Waals surface area contributed by atoms with Crippen LogP contribution in [0.1, 0.15) is 25.8 Å². The highest BCUT2D eigenvalue weighted by molar-refractivity contribution is 14.0. The Morgan fingerprint density at radius 2 is 2.07 bits per heavy atom. The molecular formula is C20H32IN5O2. The van der Waals surface area contributed by atoms with Gasteiger partial charge in [0.15, 0.2) is 5.96 Å². The second kappa shape index (κ2) is 13.2. The van der Waals surface area contributed by atoms with Crippen LogP contribution in [-0.2, 0) is 13.5 Å². The van der Waals surface area contributed by atoms with Crippen LogP contribution in [-0.4, -0.2) is 48.6 Å². The maximum absolute atomic E-state index is 5.92. The number of nitrogens with zero attached hydrogens (tertiary/aromatic N) is 3. The summed E-state index contributed by atoms with van der Waals surface area (Å²) in [7, 11) is 3.59. The number of methoxy groups -OCH3 is 1. The molecule has 1 atom stereocenters. The predicted octanol–water partition coefficient (Wildman–Crippen LogP) is 3.00. The van der Waals surface area contributed by atoms with Crippen molar-refractivity contribution >= 4 is 29.9 Å². The number of rotatable bonds is 10. The Hall–Kier alpha value is -1.97. The van der Waals surface area contributed by atoms with Gasteiger partial charge >= 0.3 is 0 Å². The van der Waals surface area contributed by atoms with Gasteiger partial charge in [-0.25, -0.2) is 4.99 Å². The standard InChI is InChI=1S/C20H31N5O2.HI/c1-5-21-20(22-11-7-8-17-14-24-25(3)15-17)23-13-16(2)27-19-10-6-9-18(12-19)26-4;/h6,9-10,12,14-16H,5,7-8,11,13H2,1-4H3,(H2,21,22,23);1H. The van der Waals surface area contributed by atoms with Gasteiger partial charge in [0.25, 0.3) is 0 Å². The Balaban J connectivity index is 0.00000392. The summed E-state index contributed by atoms with van der Waals surface area (Å²) in [6.45, 7) is 6.30. The number of halogens is 1. The van der Waals surface area contributed by atoms with Crippen LogP contribution in [0.15, 0.2) is 41.7 Å². The summed E-state index contributed by atoms with van der Waals surface area (Å²) in [6.07, 6.45) is 5.94. The van der Waals surface area contributed by atoms with Gasteiger partial charge in [-0.15, -0.1) is 24.0 Å². The number of aliphatic imine (C=N–C) groups is 1. The molecule has 0 fully saturated rings. The Bertz CT molecular complexity index is 720. The van der Waals surface area contributed by atoms with Crippen LogP contribution in [0.25, 0.3) is 0 Å². The van der Waals surface area contributed by atoms with E-state index in [0.29, 0.717) is 6.54 Å². The number of aromatic nitrogens is 2. The van der Waals surface area contributed by atoms with E-state index in [1.165, 1.54) is 5.56 Å². The number of ether oxygens (including phenoxy) is 2. The maximum atomic E-state index is 5.92. The van der Waals surface area contributed by atoms with E-state index >= 15 is 0 Å². The van der Waals surface area contributed by atoms with Crippen molar-refractivity contribution in [1.29, 1.82) is 0 Å². The van der Waals surface area contributed by atoms with Crippen molar-refractivity contribution in [3.05, 3.63) is 42.2 Å². The third kappa shape index (κ3) is 8.81. The van der Waals surface area contributed by atoms with Crippen molar-refractivity contribution in [3.8, 4) is 11.5 Å². The molecule has 1 aromatic heterocycles. The van der Waals surface area contributed by atoms with E-state index in [2.05, 4.69) is 33.8 Å². The number of hydrogen-bond donors (Lipinski definition) is 2. The zero-order chi connectivity index (χ0) is 19.5. The highest BCUT2D eigenvalue weighted by Gasteiger charge is 2.06. The quantitative estimate of drug-likeness (QED) is 0.227. The van der Waals surface area contributed by atoms with E-state index in [0.717, 1.165) is 43.4 Å². The van der Waals surface area contributed by atoms with E-state index in [9.17, 15) is 0 Å². The number of hydrogen-bond acceptors (Lipinski definition) is 4. The number of aryl methyl sites for hydroxylation is 2. The maximum Gasteiger partial charge on any atom is 0.191 e. The van der Waals surface area contributed by atoms with Crippen molar-refractivity contribution in [2.75, 3.05) is 26.7 Å². The molecule has 0 amide bonds. The van der Waals surface area contributed by atoms with Gasteiger partial charge in [0, 0.05) is 32.4 Å². The molecule has 8 heteroatoms. The highest BCUT2D eigenvalue weighted by Crippen LogP contribution is 2.19. The minimum atomic E-state index is -0.0389. The van der Waals surface area contributed by atoms with Crippen LogP contribution < -0.4 is 20.1 Å². The van der Waals surface area contributed by atoms with E-state index in [1.807, 2.05) is 49.1 Å². The molecule has 0 radical (unpaired) electrons. The molecule has 0 saturated heterocycles. The average Bonchev–Trinajstić information content (AvgIpc) is 3.08. The van der Waals surface area contributed by atoms with Crippen molar-refractivity contribution in [1.82, 2.24) is 20.4 Å². The molecule has 1 unspecified atom stereocenters. The van der Waals surface area contributed by atoms with Gasteiger partial charge < -0.3 is 20.1 Å². The molecule has 0 aliphatic carbocycles. The summed E-state index contributed by atoms with van der Waals surface area (Å²) in [4.78, 5) is 4.62. The first kappa shape index (κ1) is 24.1. The summed E-state index contributed by atoms with van der Waals surface area (Å²) in [6, 6.07) is 7.61. The van der Waals surface area contributed by atoms with Crippen LogP contribution in [0.2, 0.25) is 0 Å². The van der Waals surface area contributed by atoms with E-state index in [1.54, 1.807) is 7.11 Å². The predicted molar refractivity (Wildman–Crippen MR) is 124 cm³/mol. The first-order chi connectivity index (χ1) is 13.1. The van der Waals surface area contributed by atoms with E-state index in [4.69, 9.17) is 9.47 Å². The second-order valence-electron chi connectivity index (χ2n) is 6.38. The molecule has 0 saturated carbocycles. The smallest absolute Gasteiger partial charge is 0.191 e. The molecule has 0 bridgehead atoms. The second-order valence-corrected chi connectivity index (χ2v) is 6.38. The SMILES string of the molecule is CCNC(=NCC(C)Oc1cccc(OC)c1)NCCCc1cnn(C)c1.I. The lowest BCUT2D eigenvalue weighted by atomic mass is 10.2. The monoisotopic (exact) mass is 501 g/mol. The molecule has 7 nitrogen and oxygen atoms in total. The summed E-state index contributed by atoms with van der Waals surface area (Å²) in [5, 5.41) is 10.8. The van der Waals surface area contributed by atoms with Gasteiger partial charge in [-0.2, -0.15) is 5.10 Å². The third-order valence-electron chi connectivity index (χ3n) is 3.92. The van der Waals surface area contributed by atoms with Crippen LogP contribution in [0.3, 0.4) is 0 Å². The van der Waals surface area contributed by atoms with Gasteiger partial charge in [0.1, 0.15) is 17.6 Å². The summed E-state index contributed by atoms with van der Waals surface area (Å²) in [5.41, 5.74) is 1.25.